The molecule has 0 unspecified atom stereocenters. The van der Waals surface area contributed by atoms with Crippen LogP contribution in [0.5, 0.6) is 0 Å². The highest BCUT2D eigenvalue weighted by Crippen LogP contribution is 2.50. The van der Waals surface area contributed by atoms with Crippen LogP contribution in [-0.2, 0) is 19.6 Å². The van der Waals surface area contributed by atoms with Crippen LogP contribution in [0.4, 0.5) is 5.69 Å². The molecule has 1 aromatic heterocycles. The minimum atomic E-state index is -4.07. The van der Waals surface area contributed by atoms with Crippen LogP contribution in [0, 0.1) is 33.6 Å². The van der Waals surface area contributed by atoms with E-state index in [0.717, 1.165) is 22.0 Å². The number of sulfonamides is 1. The van der Waals surface area contributed by atoms with Gasteiger partial charge in [-0.05, 0) is 63.1 Å². The summed E-state index contributed by atoms with van der Waals surface area (Å²) in [5.74, 6) is -1.73. The fourth-order valence-electron chi connectivity index (χ4n) is 5.76. The molecule has 39 heavy (non-hydrogen) atoms. The molecule has 0 spiro atoms. The van der Waals surface area contributed by atoms with E-state index in [1.807, 2.05) is 68.4 Å². The van der Waals surface area contributed by atoms with Gasteiger partial charge in [0.25, 0.3) is 0 Å². The summed E-state index contributed by atoms with van der Waals surface area (Å²) in [5, 5.41) is 0.564. The monoisotopic (exact) mass is 557 g/mol. The molecule has 0 aliphatic carbocycles. The number of hydrogen-bond donors (Lipinski definition) is 1. The highest BCUT2D eigenvalue weighted by molar-refractivity contribution is 8.00. The van der Waals surface area contributed by atoms with E-state index in [0.29, 0.717) is 27.4 Å². The zero-order chi connectivity index (χ0) is 27.6. The van der Waals surface area contributed by atoms with Crippen molar-refractivity contribution in [3.05, 3.63) is 94.5 Å². The molecule has 1 fully saturated rings. The maximum absolute atomic E-state index is 14.0. The van der Waals surface area contributed by atoms with E-state index in [-0.39, 0.29) is 10.8 Å². The van der Waals surface area contributed by atoms with Gasteiger partial charge in [-0.1, -0.05) is 65.4 Å². The molecule has 2 aliphatic heterocycles. The molecule has 7 nitrogen and oxygen atoms in total. The third-order valence-corrected chi connectivity index (χ3v) is 10.4. The summed E-state index contributed by atoms with van der Waals surface area (Å²) in [4.78, 5) is 33.8. The van der Waals surface area contributed by atoms with Crippen LogP contribution in [0.15, 0.2) is 76.7 Å². The van der Waals surface area contributed by atoms with Crippen molar-refractivity contribution in [2.45, 2.75) is 48.9 Å². The number of benzene rings is 3. The Morgan fingerprint density at radius 3 is 2.21 bits per heavy atom. The zero-order valence-corrected chi connectivity index (χ0v) is 23.6. The summed E-state index contributed by atoms with van der Waals surface area (Å²) in [6.07, 6.45) is 0. The number of para-hydroxylation sites is 1. The maximum Gasteiger partial charge on any atom is 0.248 e. The molecule has 0 saturated carbocycles. The predicted octanol–water partition coefficient (Wildman–Crippen LogP) is 5.15. The van der Waals surface area contributed by atoms with E-state index in [9.17, 15) is 18.0 Å². The van der Waals surface area contributed by atoms with Crippen LogP contribution in [0.2, 0.25) is 0 Å². The smallest absolute Gasteiger partial charge is 0.248 e. The summed E-state index contributed by atoms with van der Waals surface area (Å²) in [6, 6.07) is 19.3. The van der Waals surface area contributed by atoms with Gasteiger partial charge in [0.15, 0.2) is 0 Å². The van der Waals surface area contributed by atoms with Crippen molar-refractivity contribution in [1.29, 1.82) is 0 Å². The summed E-state index contributed by atoms with van der Waals surface area (Å²) >= 11 is 1.23. The van der Waals surface area contributed by atoms with Crippen molar-refractivity contribution < 1.29 is 18.0 Å². The standard InChI is InChI=1S/C30H27N3O4S2/c1-16-9-11-21(12-10-16)33-29(34)24-25(32-39(36,37)27-18(3)13-17(2)14-19(27)4)22-15-20-7-5-6-8-23(20)31-28(22)38-26(24)30(33)35/h5-15,24-26,32H,1-4H3/t24-,25-,26+/m1/s1. The third-order valence-electron chi connectivity index (χ3n) is 7.39. The first-order valence-electron chi connectivity index (χ1n) is 12.7. The molecule has 9 heteroatoms. The molecule has 198 valence electrons. The van der Waals surface area contributed by atoms with E-state index in [1.54, 1.807) is 26.0 Å². The SMILES string of the molecule is Cc1ccc(N2C(=O)[C@H]3[C@H](Sc4nc5ccccc5cc4[C@H]3NS(=O)(=O)c3c(C)cc(C)cc3C)C2=O)cc1. The van der Waals surface area contributed by atoms with Gasteiger partial charge >= 0.3 is 0 Å². The maximum atomic E-state index is 14.0. The second-order valence-corrected chi connectivity index (χ2v) is 13.1. The number of fused-ring (bicyclic) bond motifs is 3. The van der Waals surface area contributed by atoms with Crippen molar-refractivity contribution in [3.63, 3.8) is 0 Å². The van der Waals surface area contributed by atoms with Gasteiger partial charge in [-0.15, -0.1) is 0 Å². The number of aromatic nitrogens is 1. The van der Waals surface area contributed by atoms with Crippen LogP contribution in [-0.4, -0.2) is 30.5 Å². The molecule has 2 amide bonds. The van der Waals surface area contributed by atoms with E-state index < -0.39 is 33.1 Å². The van der Waals surface area contributed by atoms with Crippen LogP contribution >= 0.6 is 11.8 Å². The van der Waals surface area contributed by atoms with Gasteiger partial charge in [0, 0.05) is 10.9 Å². The average Bonchev–Trinajstić information content (AvgIpc) is 3.11. The fraction of sp³-hybridized carbons (Fsp3) is 0.233. The molecule has 3 atom stereocenters. The number of nitrogens with zero attached hydrogens (tertiary/aromatic N) is 2. The van der Waals surface area contributed by atoms with Crippen molar-refractivity contribution in [1.82, 2.24) is 9.71 Å². The third kappa shape index (κ3) is 4.25. The van der Waals surface area contributed by atoms with Gasteiger partial charge < -0.3 is 0 Å². The Morgan fingerprint density at radius 2 is 1.51 bits per heavy atom. The van der Waals surface area contributed by atoms with E-state index in [4.69, 9.17) is 4.98 Å². The average molecular weight is 558 g/mol. The Bertz CT molecular complexity index is 1760. The molecule has 4 aromatic rings. The normalized spacial score (nSPS) is 20.8. The molecular formula is C30H27N3O4S2. The molecule has 1 saturated heterocycles. The lowest BCUT2D eigenvalue weighted by Gasteiger charge is -2.32. The Hall–Kier alpha value is -3.53. The molecule has 6 rings (SSSR count). The van der Waals surface area contributed by atoms with Crippen LogP contribution in [0.25, 0.3) is 10.9 Å². The molecular weight excluding hydrogens is 530 g/mol. The molecule has 2 aliphatic rings. The van der Waals surface area contributed by atoms with Crippen LogP contribution in [0.3, 0.4) is 0 Å². The number of anilines is 1. The molecule has 3 heterocycles. The van der Waals surface area contributed by atoms with Gasteiger partial charge in [-0.3, -0.25) is 9.59 Å². The largest absolute Gasteiger partial charge is 0.274 e. The number of carbonyl (C=O) groups excluding carboxylic acids is 2. The van der Waals surface area contributed by atoms with Crippen molar-refractivity contribution in [2.75, 3.05) is 4.90 Å². The van der Waals surface area contributed by atoms with E-state index in [2.05, 4.69) is 4.72 Å². The number of imide groups is 1. The number of amides is 2. The number of rotatable bonds is 4. The molecule has 3 aromatic carbocycles. The Kier molecular flexibility index (Phi) is 6.13. The summed E-state index contributed by atoms with van der Waals surface area (Å²) in [6.45, 7) is 7.38. The number of aryl methyl sites for hydroxylation is 4. The summed E-state index contributed by atoms with van der Waals surface area (Å²) in [7, 11) is -4.07. The van der Waals surface area contributed by atoms with E-state index in [1.165, 1.54) is 16.7 Å². The Balaban J connectivity index is 1.51. The summed E-state index contributed by atoms with van der Waals surface area (Å²) < 4.78 is 30.7. The van der Waals surface area contributed by atoms with Gasteiger partial charge in [0.05, 0.1) is 28.1 Å². The lowest BCUT2D eigenvalue weighted by atomic mass is 9.91. The first-order chi connectivity index (χ1) is 18.5. The number of hydrogen-bond acceptors (Lipinski definition) is 6. The molecule has 0 radical (unpaired) electrons. The zero-order valence-electron chi connectivity index (χ0n) is 21.9. The summed E-state index contributed by atoms with van der Waals surface area (Å²) in [5.41, 5.74) is 5.01. The molecule has 0 bridgehead atoms. The number of pyridine rings is 1. The van der Waals surface area contributed by atoms with Crippen LogP contribution < -0.4 is 9.62 Å². The minimum absolute atomic E-state index is 0.185. The van der Waals surface area contributed by atoms with Gasteiger partial charge in [-0.2, -0.15) is 0 Å². The first-order valence-corrected chi connectivity index (χ1v) is 15.0. The van der Waals surface area contributed by atoms with Gasteiger partial charge in [0.1, 0.15) is 10.3 Å². The molecule has 1 N–H and O–H groups in total. The fourth-order valence-corrected chi connectivity index (χ4v) is 8.79. The minimum Gasteiger partial charge on any atom is -0.274 e. The first kappa shape index (κ1) is 25.7. The van der Waals surface area contributed by atoms with Crippen LogP contribution in [0.1, 0.15) is 33.9 Å². The highest BCUT2D eigenvalue weighted by atomic mass is 32.2. The number of carbonyl (C=O) groups is 2. The topological polar surface area (TPSA) is 96.4 Å². The van der Waals surface area contributed by atoms with Gasteiger partial charge in [0.2, 0.25) is 21.8 Å². The Morgan fingerprint density at radius 1 is 0.846 bits per heavy atom. The van der Waals surface area contributed by atoms with Gasteiger partial charge in [-0.25, -0.2) is 23.0 Å². The lowest BCUT2D eigenvalue weighted by Crippen LogP contribution is -2.42. The second-order valence-electron chi connectivity index (χ2n) is 10.3. The van der Waals surface area contributed by atoms with Crippen molar-refractivity contribution >= 4 is 50.2 Å². The predicted molar refractivity (Wildman–Crippen MR) is 152 cm³/mol. The second kappa shape index (κ2) is 9.29. The van der Waals surface area contributed by atoms with Crippen molar-refractivity contribution in [3.8, 4) is 0 Å². The number of nitrogens with one attached hydrogen (secondary N) is 1. The quantitative estimate of drug-likeness (QED) is 0.349. The van der Waals surface area contributed by atoms with Crippen molar-refractivity contribution in [2.24, 2.45) is 5.92 Å². The number of thioether (sulfide) groups is 1. The lowest BCUT2D eigenvalue weighted by molar-refractivity contribution is -0.122. The Labute approximate surface area is 231 Å². The highest BCUT2D eigenvalue weighted by Gasteiger charge is 2.56. The van der Waals surface area contributed by atoms with E-state index >= 15 is 0 Å².